The van der Waals surface area contributed by atoms with Gasteiger partial charge in [0.2, 0.25) is 0 Å². The number of allylic oxidation sites excluding steroid dienone is 1. The molecule has 0 unspecified atom stereocenters. The van der Waals surface area contributed by atoms with Crippen LogP contribution in [0.2, 0.25) is 0 Å². The fourth-order valence-corrected chi connectivity index (χ4v) is 2.31. The second-order valence-corrected chi connectivity index (χ2v) is 5.76. The van der Waals surface area contributed by atoms with Gasteiger partial charge in [-0.25, -0.2) is 18.0 Å². The van der Waals surface area contributed by atoms with E-state index in [-0.39, 0.29) is 11.3 Å². The maximum Gasteiger partial charge on any atom is 0.429 e. The molecule has 0 bridgehead atoms. The van der Waals surface area contributed by atoms with Crippen molar-refractivity contribution in [3.63, 3.8) is 0 Å². The van der Waals surface area contributed by atoms with Crippen molar-refractivity contribution in [1.29, 1.82) is 0 Å². The molecule has 2 aromatic rings. The van der Waals surface area contributed by atoms with Crippen molar-refractivity contribution in [2.24, 2.45) is 0 Å². The van der Waals surface area contributed by atoms with E-state index in [0.717, 1.165) is 13.2 Å². The minimum atomic E-state index is -4.34. The molecule has 0 saturated carbocycles. The first kappa shape index (κ1) is 21.2. The maximum absolute atomic E-state index is 14.3. The first-order valence-corrected chi connectivity index (χ1v) is 7.79. The third kappa shape index (κ3) is 4.08. The molecule has 0 spiro atoms. The Balaban J connectivity index is 2.45. The Bertz CT molecular complexity index is 954. The summed E-state index contributed by atoms with van der Waals surface area (Å²) in [7, 11) is 1.16. The lowest BCUT2D eigenvalue weighted by Gasteiger charge is -2.21. The summed E-state index contributed by atoms with van der Waals surface area (Å²) in [5.41, 5.74) is -0.734. The lowest BCUT2D eigenvalue weighted by Crippen LogP contribution is -2.24. The number of alkyl halides is 2. The lowest BCUT2D eigenvalue weighted by atomic mass is 10.0. The van der Waals surface area contributed by atoms with Crippen LogP contribution in [0.3, 0.4) is 0 Å². The third-order valence-electron chi connectivity index (χ3n) is 4.07. The molecular formula is C19H15F5O4. The lowest BCUT2D eigenvalue weighted by molar-refractivity contribution is -0.188. The molecule has 0 aliphatic carbocycles. The number of hydrogen-bond donors (Lipinski definition) is 1. The molecule has 4 nitrogen and oxygen atoms in total. The van der Waals surface area contributed by atoms with Gasteiger partial charge in [-0.3, -0.25) is 0 Å². The van der Waals surface area contributed by atoms with E-state index in [1.54, 1.807) is 0 Å². The van der Waals surface area contributed by atoms with Gasteiger partial charge in [-0.15, -0.1) is 0 Å². The van der Waals surface area contributed by atoms with Crippen LogP contribution in [0.25, 0.3) is 5.57 Å². The van der Waals surface area contributed by atoms with Crippen LogP contribution in [0, 0.1) is 17.5 Å². The van der Waals surface area contributed by atoms with Crippen molar-refractivity contribution in [2.75, 3.05) is 7.11 Å². The number of rotatable bonds is 6. The van der Waals surface area contributed by atoms with Crippen LogP contribution in [0.15, 0.2) is 35.9 Å². The largest absolute Gasteiger partial charge is 0.493 e. The van der Waals surface area contributed by atoms with Crippen molar-refractivity contribution in [3.8, 4) is 11.5 Å². The van der Waals surface area contributed by atoms with E-state index in [2.05, 4.69) is 4.74 Å². The molecule has 1 N–H and O–H groups in total. The van der Waals surface area contributed by atoms with Crippen molar-refractivity contribution in [2.45, 2.75) is 20.0 Å². The van der Waals surface area contributed by atoms with Gasteiger partial charge >= 0.3 is 12.1 Å². The normalized spacial score (nSPS) is 12.4. The zero-order chi connectivity index (χ0) is 21.2. The number of carboxylic acids is 1. The van der Waals surface area contributed by atoms with Gasteiger partial charge in [0, 0.05) is 5.57 Å². The zero-order valence-electron chi connectivity index (χ0n) is 14.9. The Morgan fingerprint density at radius 1 is 1.00 bits per heavy atom. The van der Waals surface area contributed by atoms with E-state index < -0.39 is 40.8 Å². The van der Waals surface area contributed by atoms with E-state index >= 15 is 0 Å². The molecule has 0 fully saturated rings. The summed E-state index contributed by atoms with van der Waals surface area (Å²) in [4.78, 5) is 11.1. The number of carbonyl (C=O) groups is 1. The van der Waals surface area contributed by atoms with Crippen LogP contribution < -0.4 is 9.47 Å². The average Bonchev–Trinajstić information content (AvgIpc) is 2.64. The van der Waals surface area contributed by atoms with Gasteiger partial charge in [0.25, 0.3) is 0 Å². The molecule has 0 aromatic heterocycles. The fraction of sp³-hybridized carbons (Fsp3) is 0.211. The van der Waals surface area contributed by atoms with Gasteiger partial charge < -0.3 is 14.6 Å². The van der Waals surface area contributed by atoms with Gasteiger partial charge in [-0.2, -0.15) is 8.78 Å². The highest BCUT2D eigenvalue weighted by Gasteiger charge is 2.40. The number of hydrogen-bond acceptors (Lipinski definition) is 3. The second kappa shape index (κ2) is 7.87. The molecule has 0 radical (unpaired) electrons. The van der Waals surface area contributed by atoms with Crippen LogP contribution in [0.4, 0.5) is 22.0 Å². The molecule has 2 aromatic carbocycles. The standard InChI is InChI=1S/C19H15F5O4/c1-9(10(2)18(25)26)11-4-7-14(15(8-11)27-3)28-19(23,24)12-5-6-13(20)17(22)16(12)21/h4-8H,1-3H3,(H,25,26). The van der Waals surface area contributed by atoms with E-state index in [9.17, 15) is 26.7 Å². The third-order valence-corrected chi connectivity index (χ3v) is 4.07. The van der Waals surface area contributed by atoms with Crippen molar-refractivity contribution < 1.29 is 41.3 Å². The Morgan fingerprint density at radius 2 is 1.64 bits per heavy atom. The molecular weight excluding hydrogens is 387 g/mol. The molecule has 2 rings (SSSR count). The first-order valence-electron chi connectivity index (χ1n) is 7.79. The van der Waals surface area contributed by atoms with Gasteiger partial charge in [-0.1, -0.05) is 6.07 Å². The fourth-order valence-electron chi connectivity index (χ4n) is 2.31. The Kier molecular flexibility index (Phi) is 5.96. The number of carboxylic acid groups (broad SMARTS) is 1. The summed E-state index contributed by atoms with van der Waals surface area (Å²) >= 11 is 0. The topological polar surface area (TPSA) is 55.8 Å². The highest BCUT2D eigenvalue weighted by molar-refractivity contribution is 5.95. The number of methoxy groups -OCH3 is 1. The summed E-state index contributed by atoms with van der Waals surface area (Å²) in [6, 6.07) is 4.36. The molecule has 0 amide bonds. The van der Waals surface area contributed by atoms with Crippen LogP contribution in [-0.2, 0) is 10.9 Å². The minimum absolute atomic E-state index is 0.0323. The van der Waals surface area contributed by atoms with Crippen LogP contribution >= 0.6 is 0 Å². The van der Waals surface area contributed by atoms with E-state index in [1.165, 1.54) is 26.0 Å². The molecule has 0 saturated heterocycles. The molecule has 0 aliphatic heterocycles. The molecule has 0 atom stereocenters. The van der Waals surface area contributed by atoms with Gasteiger partial charge in [0.15, 0.2) is 29.0 Å². The smallest absolute Gasteiger partial charge is 0.429 e. The predicted molar refractivity (Wildman–Crippen MR) is 89.7 cm³/mol. The Hall–Kier alpha value is -3.10. The maximum atomic E-state index is 14.3. The molecule has 0 heterocycles. The van der Waals surface area contributed by atoms with Crippen molar-refractivity contribution in [3.05, 3.63) is 64.5 Å². The summed E-state index contributed by atoms with van der Waals surface area (Å²) in [6.45, 7) is 2.89. The van der Waals surface area contributed by atoms with E-state index in [0.29, 0.717) is 23.3 Å². The second-order valence-electron chi connectivity index (χ2n) is 5.76. The Labute approximate surface area is 156 Å². The first-order chi connectivity index (χ1) is 13.0. The van der Waals surface area contributed by atoms with Crippen molar-refractivity contribution >= 4 is 11.5 Å². The summed E-state index contributed by atoms with van der Waals surface area (Å²) in [5.74, 6) is -7.60. The summed E-state index contributed by atoms with van der Waals surface area (Å²) in [5, 5.41) is 9.04. The van der Waals surface area contributed by atoms with Gasteiger partial charge in [0.1, 0.15) is 5.56 Å². The Morgan fingerprint density at radius 3 is 2.21 bits per heavy atom. The molecule has 0 aliphatic rings. The predicted octanol–water partition coefficient (Wildman–Crippen LogP) is 5.12. The van der Waals surface area contributed by atoms with Gasteiger partial charge in [-0.05, 0) is 49.2 Å². The van der Waals surface area contributed by atoms with Crippen LogP contribution in [0.1, 0.15) is 25.0 Å². The number of aliphatic carboxylic acids is 1. The summed E-state index contributed by atoms with van der Waals surface area (Å²) < 4.78 is 78.1. The zero-order valence-corrected chi connectivity index (χ0v) is 14.9. The van der Waals surface area contributed by atoms with Crippen LogP contribution in [-0.4, -0.2) is 18.2 Å². The monoisotopic (exact) mass is 402 g/mol. The molecule has 150 valence electrons. The number of ether oxygens (including phenoxy) is 2. The van der Waals surface area contributed by atoms with E-state index in [4.69, 9.17) is 9.84 Å². The molecule has 28 heavy (non-hydrogen) atoms. The highest BCUT2D eigenvalue weighted by atomic mass is 19.3. The summed E-state index contributed by atoms with van der Waals surface area (Å²) in [6.07, 6.45) is -4.34. The highest BCUT2D eigenvalue weighted by Crippen LogP contribution is 2.39. The number of benzene rings is 2. The average molecular weight is 402 g/mol. The van der Waals surface area contributed by atoms with Gasteiger partial charge in [0.05, 0.1) is 7.11 Å². The molecule has 9 heteroatoms. The van der Waals surface area contributed by atoms with Crippen LogP contribution in [0.5, 0.6) is 11.5 Å². The van der Waals surface area contributed by atoms with E-state index in [1.807, 2.05) is 0 Å². The number of halogens is 5. The van der Waals surface area contributed by atoms with Crippen molar-refractivity contribution in [1.82, 2.24) is 0 Å². The SMILES string of the molecule is COc1cc(C(C)=C(C)C(=O)O)ccc1OC(F)(F)c1ccc(F)c(F)c1F. The minimum Gasteiger partial charge on any atom is -0.493 e. The quantitative estimate of drug-likeness (QED) is 0.414.